The summed E-state index contributed by atoms with van der Waals surface area (Å²) in [4.78, 5) is 45.8. The van der Waals surface area contributed by atoms with Gasteiger partial charge in [-0.1, -0.05) is 167 Å². The number of hydrogen-bond donors (Lipinski definition) is 3. The van der Waals surface area contributed by atoms with E-state index in [1.165, 1.54) is 128 Å². The lowest BCUT2D eigenvalue weighted by atomic mass is 10.0. The molecule has 11 nitrogen and oxygen atoms in total. The van der Waals surface area contributed by atoms with Crippen molar-refractivity contribution in [3.05, 3.63) is 12.2 Å². The normalized spacial score (nSPS) is 13.9. The molecule has 3 atom stereocenters. The van der Waals surface area contributed by atoms with Crippen LogP contribution in [0, 0.1) is 0 Å². The first-order valence-corrected chi connectivity index (χ1v) is 23.2. The summed E-state index contributed by atoms with van der Waals surface area (Å²) < 4.78 is 32.6. The van der Waals surface area contributed by atoms with E-state index in [0.29, 0.717) is 12.8 Å². The molecule has 0 aliphatic heterocycles. The SMILES string of the molecule is CCCCCCCC/C=C/CCCCCCCCCCCCCC(=O)O[C@@H](COC(=O)CCCCCCCCCCC)COP(=O)(O)OC[C@H](N)C(=O)O. The number of nitrogens with two attached hydrogens (primary N) is 1. The van der Waals surface area contributed by atoms with Gasteiger partial charge in [0, 0.05) is 12.8 Å². The first-order valence-electron chi connectivity index (χ1n) is 21.7. The predicted molar refractivity (Wildman–Crippen MR) is 217 cm³/mol. The van der Waals surface area contributed by atoms with Crippen molar-refractivity contribution in [1.82, 2.24) is 0 Å². The van der Waals surface area contributed by atoms with Crippen LogP contribution in [0.15, 0.2) is 12.2 Å². The fourth-order valence-corrected chi connectivity index (χ4v) is 6.84. The Hall–Kier alpha value is -1.78. The van der Waals surface area contributed by atoms with Crippen LogP contribution in [0.2, 0.25) is 0 Å². The van der Waals surface area contributed by atoms with E-state index in [0.717, 1.165) is 38.5 Å². The lowest BCUT2D eigenvalue weighted by Crippen LogP contribution is -2.34. The number of aliphatic carboxylic acids is 1. The molecule has 1 unspecified atom stereocenters. The van der Waals surface area contributed by atoms with Crippen molar-refractivity contribution in [3.8, 4) is 0 Å². The second-order valence-corrected chi connectivity index (χ2v) is 16.3. The van der Waals surface area contributed by atoms with Crippen molar-refractivity contribution >= 4 is 25.7 Å². The Morgan fingerprint density at radius 3 is 1.35 bits per heavy atom. The average Bonchev–Trinajstić information content (AvgIpc) is 3.14. The molecule has 0 aliphatic carbocycles. The molecule has 0 radical (unpaired) electrons. The fourth-order valence-electron chi connectivity index (χ4n) is 6.06. The minimum atomic E-state index is -4.71. The molecule has 0 rings (SSSR count). The summed E-state index contributed by atoms with van der Waals surface area (Å²) >= 11 is 0. The highest BCUT2D eigenvalue weighted by molar-refractivity contribution is 7.47. The van der Waals surface area contributed by atoms with Crippen LogP contribution in [-0.4, -0.2) is 59.9 Å². The number of carboxylic acid groups (broad SMARTS) is 1. The third kappa shape index (κ3) is 37.2. The number of ether oxygens (including phenoxy) is 2. The highest BCUT2D eigenvalue weighted by atomic mass is 31.2. The molecule has 0 fully saturated rings. The Bertz CT molecular complexity index is 979. The van der Waals surface area contributed by atoms with Crippen molar-refractivity contribution in [2.75, 3.05) is 19.8 Å². The minimum Gasteiger partial charge on any atom is -0.480 e. The van der Waals surface area contributed by atoms with E-state index in [1.54, 1.807) is 0 Å². The van der Waals surface area contributed by atoms with Crippen LogP contribution in [-0.2, 0) is 37.5 Å². The van der Waals surface area contributed by atoms with Crippen LogP contribution in [0.1, 0.15) is 206 Å². The number of carbonyl (C=O) groups is 3. The maximum atomic E-state index is 12.6. The van der Waals surface area contributed by atoms with Gasteiger partial charge < -0.3 is 25.2 Å². The van der Waals surface area contributed by atoms with E-state index in [-0.39, 0.29) is 19.4 Å². The first-order chi connectivity index (χ1) is 26.1. The van der Waals surface area contributed by atoms with Crippen LogP contribution in [0.25, 0.3) is 0 Å². The van der Waals surface area contributed by atoms with Gasteiger partial charge in [0.25, 0.3) is 0 Å². The van der Waals surface area contributed by atoms with Gasteiger partial charge in [-0.3, -0.25) is 23.4 Å². The molecule has 0 saturated heterocycles. The van der Waals surface area contributed by atoms with E-state index in [4.69, 9.17) is 24.8 Å². The van der Waals surface area contributed by atoms with Gasteiger partial charge in [0.15, 0.2) is 6.10 Å². The van der Waals surface area contributed by atoms with Crippen LogP contribution >= 0.6 is 7.82 Å². The number of phosphoric ester groups is 1. The average molecular weight is 790 g/mol. The van der Waals surface area contributed by atoms with Crippen molar-refractivity contribution in [1.29, 1.82) is 0 Å². The zero-order valence-corrected chi connectivity index (χ0v) is 35.2. The van der Waals surface area contributed by atoms with Gasteiger partial charge in [-0.2, -0.15) is 0 Å². The van der Waals surface area contributed by atoms with Gasteiger partial charge in [-0.05, 0) is 38.5 Å². The molecule has 12 heteroatoms. The summed E-state index contributed by atoms with van der Waals surface area (Å²) in [5.74, 6) is -2.37. The monoisotopic (exact) mass is 790 g/mol. The first kappa shape index (κ1) is 52.2. The van der Waals surface area contributed by atoms with E-state index < -0.39 is 51.1 Å². The Morgan fingerprint density at radius 2 is 0.926 bits per heavy atom. The molecule has 0 heterocycles. The van der Waals surface area contributed by atoms with Crippen LogP contribution < -0.4 is 5.73 Å². The molecule has 0 spiro atoms. The van der Waals surface area contributed by atoms with Gasteiger partial charge in [0.2, 0.25) is 0 Å². The van der Waals surface area contributed by atoms with Crippen LogP contribution in [0.5, 0.6) is 0 Å². The second kappa shape index (κ2) is 38.1. The summed E-state index contributed by atoms with van der Waals surface area (Å²) in [5.41, 5.74) is 5.32. The number of carbonyl (C=O) groups excluding carboxylic acids is 2. The molecule has 0 aliphatic rings. The maximum absolute atomic E-state index is 12.6. The lowest BCUT2D eigenvalue weighted by molar-refractivity contribution is -0.161. The van der Waals surface area contributed by atoms with Gasteiger partial charge >= 0.3 is 25.7 Å². The smallest absolute Gasteiger partial charge is 0.472 e. The number of esters is 2. The summed E-state index contributed by atoms with van der Waals surface area (Å²) in [6, 6.07) is -1.52. The number of allylic oxidation sites excluding steroid dienone is 2. The van der Waals surface area contributed by atoms with Crippen molar-refractivity contribution in [2.45, 2.75) is 219 Å². The largest absolute Gasteiger partial charge is 0.480 e. The number of unbranched alkanes of at least 4 members (excludes halogenated alkanes) is 25. The molecule has 0 aromatic carbocycles. The quantitative estimate of drug-likeness (QED) is 0.0233. The van der Waals surface area contributed by atoms with Crippen LogP contribution in [0.3, 0.4) is 0 Å². The van der Waals surface area contributed by atoms with Gasteiger partial charge in [-0.15, -0.1) is 0 Å². The molecule has 0 aromatic rings. The molecule has 318 valence electrons. The Balaban J connectivity index is 4.23. The van der Waals surface area contributed by atoms with E-state index in [2.05, 4.69) is 30.5 Å². The summed E-state index contributed by atoms with van der Waals surface area (Å²) in [6.45, 7) is 2.78. The van der Waals surface area contributed by atoms with Crippen LogP contribution in [0.4, 0.5) is 0 Å². The molecular formula is C42H80NO10P. The molecular weight excluding hydrogens is 709 g/mol. The number of hydrogen-bond acceptors (Lipinski definition) is 9. The van der Waals surface area contributed by atoms with E-state index in [1.807, 2.05) is 0 Å². The summed E-state index contributed by atoms with van der Waals surface area (Å²) in [5, 5.41) is 8.87. The van der Waals surface area contributed by atoms with Gasteiger partial charge in [0.1, 0.15) is 12.6 Å². The maximum Gasteiger partial charge on any atom is 0.472 e. The third-order valence-corrected chi connectivity index (χ3v) is 10.5. The molecule has 0 amide bonds. The van der Waals surface area contributed by atoms with Crippen molar-refractivity contribution in [3.63, 3.8) is 0 Å². The van der Waals surface area contributed by atoms with Gasteiger partial charge in [-0.25, -0.2) is 4.57 Å². The Labute approximate surface area is 328 Å². The highest BCUT2D eigenvalue weighted by Crippen LogP contribution is 2.43. The summed E-state index contributed by atoms with van der Waals surface area (Å²) in [6.07, 6.45) is 37.2. The lowest BCUT2D eigenvalue weighted by Gasteiger charge is -2.20. The number of carboxylic acids is 1. The van der Waals surface area contributed by atoms with Crippen molar-refractivity contribution < 1.29 is 47.5 Å². The zero-order chi connectivity index (χ0) is 40.0. The van der Waals surface area contributed by atoms with E-state index >= 15 is 0 Å². The predicted octanol–water partition coefficient (Wildman–Crippen LogP) is 11.3. The molecule has 0 saturated carbocycles. The second-order valence-electron chi connectivity index (χ2n) is 14.8. The Morgan fingerprint density at radius 1 is 0.556 bits per heavy atom. The summed E-state index contributed by atoms with van der Waals surface area (Å²) in [7, 11) is -4.71. The minimum absolute atomic E-state index is 0.165. The highest BCUT2D eigenvalue weighted by Gasteiger charge is 2.28. The fraction of sp³-hybridized carbons (Fsp3) is 0.881. The Kier molecular flexibility index (Phi) is 36.9. The molecule has 0 bridgehead atoms. The van der Waals surface area contributed by atoms with Gasteiger partial charge in [0.05, 0.1) is 13.2 Å². The van der Waals surface area contributed by atoms with E-state index in [9.17, 15) is 23.8 Å². The third-order valence-electron chi connectivity index (χ3n) is 9.51. The molecule has 4 N–H and O–H groups in total. The zero-order valence-electron chi connectivity index (χ0n) is 34.3. The number of rotatable bonds is 41. The molecule has 54 heavy (non-hydrogen) atoms. The standard InChI is InChI=1S/C42H80NO10P/c1-3-5-7-9-11-13-14-15-16-17-18-19-20-21-22-23-24-26-28-30-32-34-41(45)53-38(36-51-54(48,49)52-37-39(43)42(46)47)35-50-40(44)33-31-29-27-25-12-10-8-6-4-2/h15-16,38-39H,3-14,17-37,43H2,1-2H3,(H,46,47)(H,48,49)/b16-15+/t38-,39-/m0/s1. The number of phosphoric acid groups is 1. The topological polar surface area (TPSA) is 172 Å². The van der Waals surface area contributed by atoms with Crippen molar-refractivity contribution in [2.24, 2.45) is 5.73 Å². The molecule has 0 aromatic heterocycles.